The first kappa shape index (κ1) is 20.6. The van der Waals surface area contributed by atoms with Gasteiger partial charge < -0.3 is 20.1 Å². The lowest BCUT2D eigenvalue weighted by Crippen LogP contribution is -2.52. The molecule has 162 valence electrons. The lowest BCUT2D eigenvalue weighted by molar-refractivity contribution is 0.150. The lowest BCUT2D eigenvalue weighted by Gasteiger charge is -2.37. The molecule has 7 heteroatoms. The maximum atomic E-state index is 4.91. The molecule has 2 saturated carbocycles. The van der Waals surface area contributed by atoms with Crippen LogP contribution in [0, 0.1) is 6.92 Å². The summed E-state index contributed by atoms with van der Waals surface area (Å²) >= 11 is 0. The minimum Gasteiger partial charge on any atom is -0.354 e. The number of aromatic nitrogens is 3. The summed E-state index contributed by atoms with van der Waals surface area (Å²) in [5.41, 5.74) is 0. The summed E-state index contributed by atoms with van der Waals surface area (Å²) in [6, 6.07) is 1.92. The van der Waals surface area contributed by atoms with Crippen molar-refractivity contribution in [2.24, 2.45) is 12.0 Å². The summed E-state index contributed by atoms with van der Waals surface area (Å²) < 4.78 is 2.03. The van der Waals surface area contributed by atoms with Gasteiger partial charge in [-0.05, 0) is 45.4 Å². The highest BCUT2D eigenvalue weighted by molar-refractivity contribution is 5.80. The Kier molecular flexibility index (Phi) is 7.06. The number of hydrogen-bond acceptors (Lipinski definition) is 4. The molecule has 1 saturated heterocycles. The monoisotopic (exact) mass is 401 g/mol. The molecule has 0 atom stereocenters. The Hall–Kier alpha value is -1.63. The van der Waals surface area contributed by atoms with Gasteiger partial charge in [0.25, 0.3) is 0 Å². The number of likely N-dealkylation sites (tertiary alicyclic amines) is 1. The Morgan fingerprint density at radius 1 is 0.897 bits per heavy atom. The van der Waals surface area contributed by atoms with Gasteiger partial charge in [-0.15, -0.1) is 10.2 Å². The Bertz CT molecular complexity index is 663. The fraction of sp³-hybridized carbons (Fsp3) is 0.864. The van der Waals surface area contributed by atoms with E-state index in [0.29, 0.717) is 18.6 Å². The van der Waals surface area contributed by atoms with E-state index in [2.05, 4.69) is 25.7 Å². The van der Waals surface area contributed by atoms with E-state index in [4.69, 9.17) is 4.99 Å². The zero-order valence-corrected chi connectivity index (χ0v) is 18.4. The first-order chi connectivity index (χ1) is 14.2. The van der Waals surface area contributed by atoms with Crippen LogP contribution in [0.2, 0.25) is 0 Å². The minimum atomic E-state index is 0.517. The second-order valence-corrected chi connectivity index (χ2v) is 9.26. The van der Waals surface area contributed by atoms with Gasteiger partial charge in [-0.1, -0.05) is 32.1 Å². The van der Waals surface area contributed by atoms with E-state index >= 15 is 0 Å². The van der Waals surface area contributed by atoms with Crippen LogP contribution < -0.4 is 10.6 Å². The van der Waals surface area contributed by atoms with Crippen LogP contribution in [0.3, 0.4) is 0 Å². The summed E-state index contributed by atoms with van der Waals surface area (Å²) in [4.78, 5) is 7.65. The van der Waals surface area contributed by atoms with Crippen molar-refractivity contribution in [1.29, 1.82) is 0 Å². The molecule has 0 amide bonds. The van der Waals surface area contributed by atoms with Crippen molar-refractivity contribution in [3.8, 4) is 0 Å². The summed E-state index contributed by atoms with van der Waals surface area (Å²) in [7, 11) is 2.01. The molecule has 7 nitrogen and oxygen atoms in total. The van der Waals surface area contributed by atoms with E-state index in [9.17, 15) is 0 Å². The van der Waals surface area contributed by atoms with Crippen LogP contribution in [-0.4, -0.2) is 56.8 Å². The van der Waals surface area contributed by atoms with Crippen molar-refractivity contribution in [1.82, 2.24) is 30.3 Å². The quantitative estimate of drug-likeness (QED) is 0.586. The number of guanidine groups is 1. The molecule has 29 heavy (non-hydrogen) atoms. The minimum absolute atomic E-state index is 0.517. The third-order valence-corrected chi connectivity index (χ3v) is 7.22. The van der Waals surface area contributed by atoms with Crippen LogP contribution in [0.15, 0.2) is 4.99 Å². The average Bonchev–Trinajstić information content (AvgIpc) is 3.39. The van der Waals surface area contributed by atoms with Gasteiger partial charge in [-0.25, -0.2) is 4.99 Å². The smallest absolute Gasteiger partial charge is 0.192 e. The van der Waals surface area contributed by atoms with Gasteiger partial charge in [0.15, 0.2) is 11.8 Å². The molecule has 1 aromatic rings. The molecule has 0 aromatic carbocycles. The average molecular weight is 402 g/mol. The van der Waals surface area contributed by atoms with Crippen molar-refractivity contribution in [2.45, 2.75) is 102 Å². The highest BCUT2D eigenvalue weighted by Crippen LogP contribution is 2.26. The molecule has 3 fully saturated rings. The number of piperidine rings is 1. The summed E-state index contributed by atoms with van der Waals surface area (Å²) in [6.07, 6.45) is 14.6. The number of nitrogens with one attached hydrogen (secondary N) is 2. The number of aliphatic imine (C=N–C) groups is 1. The normalized spacial score (nSPS) is 23.6. The van der Waals surface area contributed by atoms with Crippen LogP contribution in [0.1, 0.15) is 82.3 Å². The molecule has 2 N–H and O–H groups in total. The molecular formula is C22H39N7. The first-order valence-corrected chi connectivity index (χ1v) is 11.9. The second kappa shape index (κ2) is 9.92. The summed E-state index contributed by atoms with van der Waals surface area (Å²) in [6.45, 7) is 5.00. The third kappa shape index (κ3) is 5.50. The van der Waals surface area contributed by atoms with Gasteiger partial charge in [-0.2, -0.15) is 0 Å². The lowest BCUT2D eigenvalue weighted by atomic mass is 9.95. The molecular weight excluding hydrogens is 362 g/mol. The van der Waals surface area contributed by atoms with Gasteiger partial charge in [-0.3, -0.25) is 0 Å². The number of nitrogens with zero attached hydrogens (tertiary/aromatic N) is 5. The second-order valence-electron chi connectivity index (χ2n) is 9.26. The van der Waals surface area contributed by atoms with Crippen molar-refractivity contribution < 1.29 is 0 Å². The van der Waals surface area contributed by atoms with Gasteiger partial charge in [0.1, 0.15) is 12.4 Å². The zero-order valence-electron chi connectivity index (χ0n) is 18.4. The summed E-state index contributed by atoms with van der Waals surface area (Å²) in [5.74, 6) is 2.82. The SMILES string of the molecule is Cc1nnc(CN=C(NC2CCCCC2)NC2CCN(C3CCCC3)CC2)n1C. The molecule has 1 aliphatic heterocycles. The molecule has 0 spiro atoms. The predicted octanol–water partition coefficient (Wildman–Crippen LogP) is 2.90. The number of aryl methyl sites for hydroxylation is 1. The van der Waals surface area contributed by atoms with E-state index in [1.165, 1.54) is 83.7 Å². The summed E-state index contributed by atoms with van der Waals surface area (Å²) in [5, 5.41) is 15.9. The Morgan fingerprint density at radius 3 is 2.14 bits per heavy atom. The fourth-order valence-electron chi connectivity index (χ4n) is 5.18. The van der Waals surface area contributed by atoms with Crippen LogP contribution in [0.5, 0.6) is 0 Å². The molecule has 4 rings (SSSR count). The van der Waals surface area contributed by atoms with Gasteiger partial charge in [0, 0.05) is 38.3 Å². The van der Waals surface area contributed by atoms with E-state index in [1.807, 2.05) is 18.5 Å². The number of rotatable bonds is 5. The van der Waals surface area contributed by atoms with Gasteiger partial charge >= 0.3 is 0 Å². The molecule has 1 aromatic heterocycles. The van der Waals surface area contributed by atoms with E-state index in [-0.39, 0.29) is 0 Å². The van der Waals surface area contributed by atoms with Crippen LogP contribution >= 0.6 is 0 Å². The van der Waals surface area contributed by atoms with Crippen LogP contribution in [-0.2, 0) is 13.6 Å². The van der Waals surface area contributed by atoms with E-state index in [1.54, 1.807) is 0 Å². The molecule has 0 radical (unpaired) electrons. The Balaban J connectivity index is 1.35. The van der Waals surface area contributed by atoms with Gasteiger partial charge in [0.05, 0.1) is 0 Å². The molecule has 3 aliphatic rings. The van der Waals surface area contributed by atoms with Gasteiger partial charge in [0.2, 0.25) is 0 Å². The van der Waals surface area contributed by atoms with E-state index in [0.717, 1.165) is 23.7 Å². The Labute approximate surface area is 175 Å². The predicted molar refractivity (Wildman–Crippen MR) is 117 cm³/mol. The van der Waals surface area contributed by atoms with Crippen molar-refractivity contribution in [3.05, 3.63) is 11.6 Å². The van der Waals surface area contributed by atoms with Crippen molar-refractivity contribution in [3.63, 3.8) is 0 Å². The highest BCUT2D eigenvalue weighted by Gasteiger charge is 2.27. The topological polar surface area (TPSA) is 70.4 Å². The fourth-order valence-corrected chi connectivity index (χ4v) is 5.18. The molecule has 0 unspecified atom stereocenters. The Morgan fingerprint density at radius 2 is 1.52 bits per heavy atom. The molecule has 2 aliphatic carbocycles. The zero-order chi connectivity index (χ0) is 20.1. The van der Waals surface area contributed by atoms with E-state index < -0.39 is 0 Å². The third-order valence-electron chi connectivity index (χ3n) is 7.22. The van der Waals surface area contributed by atoms with Crippen molar-refractivity contribution in [2.75, 3.05) is 13.1 Å². The van der Waals surface area contributed by atoms with Crippen molar-refractivity contribution >= 4 is 5.96 Å². The molecule has 0 bridgehead atoms. The number of hydrogen-bond donors (Lipinski definition) is 2. The largest absolute Gasteiger partial charge is 0.354 e. The highest BCUT2D eigenvalue weighted by atomic mass is 15.3. The maximum absolute atomic E-state index is 4.91. The van der Waals surface area contributed by atoms with Crippen LogP contribution in [0.4, 0.5) is 0 Å². The maximum Gasteiger partial charge on any atom is 0.192 e. The first-order valence-electron chi connectivity index (χ1n) is 11.9. The molecule has 2 heterocycles. The van der Waals surface area contributed by atoms with Crippen LogP contribution in [0.25, 0.3) is 0 Å². The standard InChI is InChI=1S/C22H39N7/c1-17-26-27-21(28(17)2)16-23-22(24-18-8-4-3-5-9-18)25-19-12-14-29(15-13-19)20-10-6-7-11-20/h18-20H,3-16H2,1-2H3,(H2,23,24,25).